The first-order valence-corrected chi connectivity index (χ1v) is 6.06. The van der Waals surface area contributed by atoms with Crippen LogP contribution in [0.4, 0.5) is 0 Å². The van der Waals surface area contributed by atoms with Gasteiger partial charge in [0.25, 0.3) is 0 Å². The van der Waals surface area contributed by atoms with Crippen LogP contribution in [-0.2, 0) is 4.74 Å². The molecule has 86 valence electrons. The van der Waals surface area contributed by atoms with Gasteiger partial charge in [-0.15, -0.1) is 12.3 Å². The second kappa shape index (κ2) is 6.87. The molecule has 1 rings (SSSR count). The van der Waals surface area contributed by atoms with Crippen LogP contribution < -0.4 is 5.32 Å². The van der Waals surface area contributed by atoms with E-state index in [1.54, 1.807) is 0 Å². The molecule has 3 unspecified atom stereocenters. The number of nitrogens with one attached hydrogen (secondary N) is 1. The lowest BCUT2D eigenvalue weighted by atomic mass is 9.93. The Hall–Kier alpha value is -0.520. The Bertz CT molecular complexity index is 209. The number of hydrogen-bond acceptors (Lipinski definition) is 2. The van der Waals surface area contributed by atoms with E-state index in [1.165, 1.54) is 12.8 Å². The molecule has 0 amide bonds. The van der Waals surface area contributed by atoms with Gasteiger partial charge in [-0.3, -0.25) is 0 Å². The molecule has 0 aromatic carbocycles. The zero-order chi connectivity index (χ0) is 11.1. The van der Waals surface area contributed by atoms with Crippen molar-refractivity contribution in [3.63, 3.8) is 0 Å². The lowest BCUT2D eigenvalue weighted by Crippen LogP contribution is -2.37. The van der Waals surface area contributed by atoms with Gasteiger partial charge < -0.3 is 10.1 Å². The molecule has 1 saturated heterocycles. The van der Waals surface area contributed by atoms with Gasteiger partial charge in [0.05, 0.1) is 12.7 Å². The van der Waals surface area contributed by atoms with Crippen LogP contribution in [-0.4, -0.2) is 25.3 Å². The van der Waals surface area contributed by atoms with Crippen molar-refractivity contribution >= 4 is 0 Å². The lowest BCUT2D eigenvalue weighted by molar-refractivity contribution is 0.116. The van der Waals surface area contributed by atoms with Crippen LogP contribution in [0.5, 0.6) is 0 Å². The first-order chi connectivity index (χ1) is 7.27. The van der Waals surface area contributed by atoms with E-state index in [2.05, 4.69) is 25.1 Å². The van der Waals surface area contributed by atoms with Gasteiger partial charge >= 0.3 is 0 Å². The van der Waals surface area contributed by atoms with Crippen LogP contribution in [0, 0.1) is 18.3 Å². The highest BCUT2D eigenvalue weighted by Gasteiger charge is 2.28. The van der Waals surface area contributed by atoms with Crippen LogP contribution in [0.2, 0.25) is 0 Å². The van der Waals surface area contributed by atoms with Crippen LogP contribution >= 0.6 is 0 Å². The quantitative estimate of drug-likeness (QED) is 0.677. The topological polar surface area (TPSA) is 21.3 Å². The molecule has 1 fully saturated rings. The van der Waals surface area contributed by atoms with Crippen LogP contribution in [0.1, 0.15) is 39.5 Å². The molecule has 3 atom stereocenters. The first-order valence-electron chi connectivity index (χ1n) is 6.06. The molecule has 0 radical (unpaired) electrons. The molecule has 0 saturated carbocycles. The fourth-order valence-corrected chi connectivity index (χ4v) is 2.20. The Labute approximate surface area is 93.8 Å². The van der Waals surface area contributed by atoms with E-state index in [1.807, 2.05) is 0 Å². The molecule has 15 heavy (non-hydrogen) atoms. The predicted molar refractivity (Wildman–Crippen MR) is 63.7 cm³/mol. The van der Waals surface area contributed by atoms with Gasteiger partial charge in [-0.2, -0.15) is 0 Å². The Balaban J connectivity index is 2.37. The monoisotopic (exact) mass is 209 g/mol. The molecular weight excluding hydrogens is 186 g/mol. The van der Waals surface area contributed by atoms with Crippen molar-refractivity contribution in [2.45, 2.75) is 51.7 Å². The smallest absolute Gasteiger partial charge is 0.0551 e. The third-order valence-corrected chi connectivity index (χ3v) is 3.05. The Kier molecular flexibility index (Phi) is 5.75. The summed E-state index contributed by atoms with van der Waals surface area (Å²) in [6.07, 6.45) is 10.0. The SMILES string of the molecule is C#CCCC(NCCC)C1COC(C)C1. The normalized spacial score (nSPS) is 27.5. The summed E-state index contributed by atoms with van der Waals surface area (Å²) in [4.78, 5) is 0. The summed E-state index contributed by atoms with van der Waals surface area (Å²) in [6.45, 7) is 6.32. The van der Waals surface area contributed by atoms with Crippen LogP contribution in [0.3, 0.4) is 0 Å². The molecule has 1 aliphatic rings. The van der Waals surface area contributed by atoms with Gasteiger partial charge in [0, 0.05) is 18.4 Å². The molecule has 2 nitrogen and oxygen atoms in total. The van der Waals surface area contributed by atoms with E-state index >= 15 is 0 Å². The maximum absolute atomic E-state index is 5.61. The summed E-state index contributed by atoms with van der Waals surface area (Å²) in [7, 11) is 0. The molecule has 0 aromatic rings. The summed E-state index contributed by atoms with van der Waals surface area (Å²) in [6, 6.07) is 0.547. The van der Waals surface area contributed by atoms with E-state index in [0.717, 1.165) is 26.0 Å². The molecule has 1 heterocycles. The van der Waals surface area contributed by atoms with E-state index in [9.17, 15) is 0 Å². The third kappa shape index (κ3) is 4.24. The molecule has 1 N–H and O–H groups in total. The average Bonchev–Trinajstić information content (AvgIpc) is 2.65. The van der Waals surface area contributed by atoms with Crippen molar-refractivity contribution in [2.75, 3.05) is 13.2 Å². The minimum Gasteiger partial charge on any atom is -0.378 e. The van der Waals surface area contributed by atoms with Crippen molar-refractivity contribution < 1.29 is 4.74 Å². The first kappa shape index (κ1) is 12.5. The summed E-state index contributed by atoms with van der Waals surface area (Å²) >= 11 is 0. The van der Waals surface area contributed by atoms with Crippen molar-refractivity contribution in [2.24, 2.45) is 5.92 Å². The van der Waals surface area contributed by atoms with Gasteiger partial charge in [-0.05, 0) is 32.7 Å². The lowest BCUT2D eigenvalue weighted by Gasteiger charge is -2.23. The predicted octanol–water partition coefficient (Wildman–Crippen LogP) is 2.19. The minimum atomic E-state index is 0.423. The summed E-state index contributed by atoms with van der Waals surface area (Å²) in [5.41, 5.74) is 0. The molecule has 0 spiro atoms. The Morgan fingerprint density at radius 1 is 1.60 bits per heavy atom. The maximum atomic E-state index is 5.61. The summed E-state index contributed by atoms with van der Waals surface area (Å²) in [5, 5.41) is 3.59. The Morgan fingerprint density at radius 2 is 2.40 bits per heavy atom. The molecule has 1 aliphatic heterocycles. The van der Waals surface area contributed by atoms with Gasteiger partial charge in [0.15, 0.2) is 0 Å². The number of rotatable bonds is 6. The van der Waals surface area contributed by atoms with Gasteiger partial charge in [0.2, 0.25) is 0 Å². The van der Waals surface area contributed by atoms with Crippen LogP contribution in [0.15, 0.2) is 0 Å². The molecule has 0 aromatic heterocycles. The standard InChI is InChI=1S/C13H23NO/c1-4-6-7-13(14-8-5-2)12-9-11(3)15-10-12/h1,11-14H,5-10H2,2-3H3. The summed E-state index contributed by atoms with van der Waals surface area (Å²) < 4.78 is 5.61. The third-order valence-electron chi connectivity index (χ3n) is 3.05. The van der Waals surface area contributed by atoms with E-state index < -0.39 is 0 Å². The number of terminal acetylenes is 1. The Morgan fingerprint density at radius 3 is 2.93 bits per heavy atom. The fraction of sp³-hybridized carbons (Fsp3) is 0.846. The highest BCUT2D eigenvalue weighted by molar-refractivity contribution is 4.89. The highest BCUT2D eigenvalue weighted by atomic mass is 16.5. The zero-order valence-electron chi connectivity index (χ0n) is 9.96. The van der Waals surface area contributed by atoms with Crippen molar-refractivity contribution in [1.82, 2.24) is 5.32 Å². The molecular formula is C13H23NO. The fourth-order valence-electron chi connectivity index (χ4n) is 2.20. The summed E-state index contributed by atoms with van der Waals surface area (Å²) in [5.74, 6) is 3.38. The number of hydrogen-bond donors (Lipinski definition) is 1. The van der Waals surface area contributed by atoms with E-state index in [-0.39, 0.29) is 0 Å². The van der Waals surface area contributed by atoms with Crippen molar-refractivity contribution in [3.8, 4) is 12.3 Å². The average molecular weight is 209 g/mol. The maximum Gasteiger partial charge on any atom is 0.0551 e. The van der Waals surface area contributed by atoms with Gasteiger partial charge in [-0.1, -0.05) is 6.92 Å². The van der Waals surface area contributed by atoms with Gasteiger partial charge in [-0.25, -0.2) is 0 Å². The second-order valence-electron chi connectivity index (χ2n) is 4.44. The van der Waals surface area contributed by atoms with E-state index in [4.69, 9.17) is 11.2 Å². The largest absolute Gasteiger partial charge is 0.378 e. The number of ether oxygens (including phenoxy) is 1. The molecule has 0 aliphatic carbocycles. The molecule has 0 bridgehead atoms. The molecule has 2 heteroatoms. The van der Waals surface area contributed by atoms with Crippen LogP contribution in [0.25, 0.3) is 0 Å². The van der Waals surface area contributed by atoms with Gasteiger partial charge in [0.1, 0.15) is 0 Å². The zero-order valence-corrected chi connectivity index (χ0v) is 9.96. The van der Waals surface area contributed by atoms with Crippen molar-refractivity contribution in [3.05, 3.63) is 0 Å². The highest BCUT2D eigenvalue weighted by Crippen LogP contribution is 2.24. The minimum absolute atomic E-state index is 0.423. The second-order valence-corrected chi connectivity index (χ2v) is 4.44. The van der Waals surface area contributed by atoms with Crippen molar-refractivity contribution in [1.29, 1.82) is 0 Å². The van der Waals surface area contributed by atoms with E-state index in [0.29, 0.717) is 18.1 Å².